The first-order chi connectivity index (χ1) is 8.18. The maximum atomic E-state index is 4.71. The highest BCUT2D eigenvalue weighted by atomic mass is 14.8. The molecule has 0 bridgehead atoms. The normalized spacial score (nSPS) is 13.0. The smallest absolute Gasteiger partial charge is 0.0888 e. The van der Waals surface area contributed by atoms with Crippen LogP contribution in [-0.2, 0) is 10.8 Å². The SMILES string of the molecule is CC(C)(C)c1cc2ccc(C(C)(C)C)nc2cn1. The van der Waals surface area contributed by atoms with Crippen LogP contribution >= 0.6 is 0 Å². The first kappa shape index (κ1) is 13.0. The van der Waals surface area contributed by atoms with Crippen molar-refractivity contribution in [1.29, 1.82) is 0 Å². The van der Waals surface area contributed by atoms with Gasteiger partial charge in [0, 0.05) is 27.6 Å². The third-order valence-corrected chi connectivity index (χ3v) is 3.11. The molecule has 0 saturated heterocycles. The number of rotatable bonds is 0. The molecule has 2 nitrogen and oxygen atoms in total. The Balaban J connectivity index is 2.56. The minimum atomic E-state index is 0.0802. The molecule has 2 aromatic heterocycles. The lowest BCUT2D eigenvalue weighted by Crippen LogP contribution is -2.15. The average molecular weight is 242 g/mol. The zero-order valence-electron chi connectivity index (χ0n) is 12.2. The summed E-state index contributed by atoms with van der Waals surface area (Å²) in [5.41, 5.74) is 3.37. The van der Waals surface area contributed by atoms with Crippen molar-refractivity contribution in [2.24, 2.45) is 0 Å². The van der Waals surface area contributed by atoms with Crippen molar-refractivity contribution in [2.75, 3.05) is 0 Å². The van der Waals surface area contributed by atoms with E-state index in [4.69, 9.17) is 4.98 Å². The van der Waals surface area contributed by atoms with E-state index in [9.17, 15) is 0 Å². The molecule has 0 unspecified atom stereocenters. The van der Waals surface area contributed by atoms with Crippen LogP contribution in [0, 0.1) is 0 Å². The lowest BCUT2D eigenvalue weighted by molar-refractivity contribution is 0.567. The Kier molecular flexibility index (Phi) is 2.92. The summed E-state index contributed by atoms with van der Waals surface area (Å²) in [6.07, 6.45) is 1.89. The van der Waals surface area contributed by atoms with E-state index in [0.717, 1.165) is 16.9 Å². The van der Waals surface area contributed by atoms with Gasteiger partial charge in [-0.3, -0.25) is 9.97 Å². The first-order valence-corrected chi connectivity index (χ1v) is 6.46. The molecule has 0 atom stereocenters. The minimum Gasteiger partial charge on any atom is -0.258 e. The van der Waals surface area contributed by atoms with Crippen LogP contribution in [0.5, 0.6) is 0 Å². The Morgan fingerprint density at radius 2 is 1.44 bits per heavy atom. The molecular weight excluding hydrogens is 220 g/mol. The van der Waals surface area contributed by atoms with Crippen molar-refractivity contribution in [1.82, 2.24) is 9.97 Å². The number of hydrogen-bond acceptors (Lipinski definition) is 2. The van der Waals surface area contributed by atoms with Gasteiger partial charge in [0.2, 0.25) is 0 Å². The summed E-state index contributed by atoms with van der Waals surface area (Å²) in [5.74, 6) is 0. The lowest BCUT2D eigenvalue weighted by atomic mass is 9.90. The Hall–Kier alpha value is -1.44. The fourth-order valence-electron chi connectivity index (χ4n) is 1.85. The number of pyridine rings is 2. The fraction of sp³-hybridized carbons (Fsp3) is 0.500. The lowest BCUT2D eigenvalue weighted by Gasteiger charge is -2.20. The van der Waals surface area contributed by atoms with Gasteiger partial charge in [-0.1, -0.05) is 47.6 Å². The molecule has 0 saturated carbocycles. The highest BCUT2D eigenvalue weighted by molar-refractivity contribution is 5.78. The second-order valence-electron chi connectivity index (χ2n) is 6.96. The molecule has 0 aliphatic rings. The van der Waals surface area contributed by atoms with Crippen LogP contribution < -0.4 is 0 Å². The summed E-state index contributed by atoms with van der Waals surface area (Å²) in [6.45, 7) is 13.1. The summed E-state index contributed by atoms with van der Waals surface area (Å²) < 4.78 is 0. The molecule has 2 aromatic rings. The van der Waals surface area contributed by atoms with Crippen molar-refractivity contribution in [3.8, 4) is 0 Å². The average Bonchev–Trinajstić information content (AvgIpc) is 2.25. The predicted molar refractivity (Wildman–Crippen MR) is 76.9 cm³/mol. The Bertz CT molecular complexity index is 518. The van der Waals surface area contributed by atoms with Gasteiger partial charge in [-0.15, -0.1) is 0 Å². The van der Waals surface area contributed by atoms with Crippen LogP contribution in [0.3, 0.4) is 0 Å². The van der Waals surface area contributed by atoms with Crippen LogP contribution in [0.1, 0.15) is 52.9 Å². The number of fused-ring (bicyclic) bond motifs is 1. The monoisotopic (exact) mass is 242 g/mol. The molecule has 0 fully saturated rings. The van der Waals surface area contributed by atoms with Gasteiger partial charge in [0.1, 0.15) is 0 Å². The summed E-state index contributed by atoms with van der Waals surface area (Å²) in [7, 11) is 0. The third-order valence-electron chi connectivity index (χ3n) is 3.11. The molecule has 0 N–H and O–H groups in total. The molecule has 18 heavy (non-hydrogen) atoms. The summed E-state index contributed by atoms with van der Waals surface area (Å²) in [4.78, 5) is 9.25. The molecule has 2 rings (SSSR count). The number of hydrogen-bond donors (Lipinski definition) is 0. The van der Waals surface area contributed by atoms with Gasteiger partial charge in [0.15, 0.2) is 0 Å². The maximum Gasteiger partial charge on any atom is 0.0888 e. The molecule has 0 aromatic carbocycles. The minimum absolute atomic E-state index is 0.0802. The van der Waals surface area contributed by atoms with Gasteiger partial charge in [0.25, 0.3) is 0 Å². The summed E-state index contributed by atoms with van der Waals surface area (Å²) >= 11 is 0. The second kappa shape index (κ2) is 4.04. The van der Waals surface area contributed by atoms with E-state index >= 15 is 0 Å². The molecule has 0 amide bonds. The summed E-state index contributed by atoms with van der Waals surface area (Å²) in [5, 5.41) is 1.17. The quantitative estimate of drug-likeness (QED) is 0.691. The first-order valence-electron chi connectivity index (χ1n) is 6.46. The molecule has 2 heteroatoms. The molecular formula is C16H22N2. The van der Waals surface area contributed by atoms with Gasteiger partial charge in [-0.2, -0.15) is 0 Å². The molecule has 2 heterocycles. The van der Waals surface area contributed by atoms with Crippen molar-refractivity contribution < 1.29 is 0 Å². The second-order valence-corrected chi connectivity index (χ2v) is 6.96. The van der Waals surface area contributed by atoms with Crippen molar-refractivity contribution in [3.63, 3.8) is 0 Å². The van der Waals surface area contributed by atoms with E-state index < -0.39 is 0 Å². The standard InChI is InChI=1S/C16H22N2/c1-15(2,3)13-8-7-11-9-14(16(4,5)6)17-10-12(11)18-13/h7-10H,1-6H3. The fourth-order valence-corrected chi connectivity index (χ4v) is 1.85. The van der Waals surface area contributed by atoms with Gasteiger partial charge >= 0.3 is 0 Å². The summed E-state index contributed by atoms with van der Waals surface area (Å²) in [6, 6.07) is 6.42. The van der Waals surface area contributed by atoms with E-state index in [0.29, 0.717) is 0 Å². The van der Waals surface area contributed by atoms with Gasteiger partial charge < -0.3 is 0 Å². The van der Waals surface area contributed by atoms with E-state index in [1.165, 1.54) is 5.39 Å². The van der Waals surface area contributed by atoms with Crippen LogP contribution in [0.2, 0.25) is 0 Å². The molecule has 96 valence electrons. The predicted octanol–water partition coefficient (Wildman–Crippen LogP) is 4.22. The Labute approximate surface area is 109 Å². The van der Waals surface area contributed by atoms with Gasteiger partial charge in [0.05, 0.1) is 11.7 Å². The highest BCUT2D eigenvalue weighted by Gasteiger charge is 2.18. The van der Waals surface area contributed by atoms with Crippen LogP contribution in [0.25, 0.3) is 10.9 Å². The van der Waals surface area contributed by atoms with E-state index in [1.807, 2.05) is 6.20 Å². The van der Waals surface area contributed by atoms with Gasteiger partial charge in [-0.05, 0) is 12.1 Å². The van der Waals surface area contributed by atoms with E-state index in [-0.39, 0.29) is 10.8 Å². The van der Waals surface area contributed by atoms with Crippen molar-refractivity contribution in [2.45, 2.75) is 52.4 Å². The van der Waals surface area contributed by atoms with Crippen LogP contribution in [0.4, 0.5) is 0 Å². The van der Waals surface area contributed by atoms with Crippen molar-refractivity contribution >= 4 is 10.9 Å². The zero-order valence-corrected chi connectivity index (χ0v) is 12.2. The number of nitrogens with zero attached hydrogens (tertiary/aromatic N) is 2. The Morgan fingerprint density at radius 3 is 2.00 bits per heavy atom. The van der Waals surface area contributed by atoms with E-state index in [1.54, 1.807) is 0 Å². The molecule has 0 spiro atoms. The van der Waals surface area contributed by atoms with Crippen LogP contribution in [0.15, 0.2) is 24.4 Å². The Morgan fingerprint density at radius 1 is 0.833 bits per heavy atom. The highest BCUT2D eigenvalue weighted by Crippen LogP contribution is 2.26. The largest absolute Gasteiger partial charge is 0.258 e. The van der Waals surface area contributed by atoms with Crippen molar-refractivity contribution in [3.05, 3.63) is 35.8 Å². The molecule has 0 aliphatic carbocycles. The maximum absolute atomic E-state index is 4.71. The number of aromatic nitrogens is 2. The zero-order chi connectivity index (χ0) is 13.6. The molecule has 0 aliphatic heterocycles. The molecule has 0 radical (unpaired) electrons. The van der Waals surface area contributed by atoms with Crippen LogP contribution in [-0.4, -0.2) is 9.97 Å². The van der Waals surface area contributed by atoms with Gasteiger partial charge in [-0.25, -0.2) is 0 Å². The van der Waals surface area contributed by atoms with E-state index in [2.05, 4.69) is 64.7 Å². The third kappa shape index (κ3) is 2.53. The topological polar surface area (TPSA) is 25.8 Å².